The molecule has 4 heteroatoms. The quantitative estimate of drug-likeness (QED) is 0.745. The fourth-order valence-electron chi connectivity index (χ4n) is 1.24. The molecule has 0 fully saturated rings. The van der Waals surface area contributed by atoms with E-state index >= 15 is 0 Å². The highest BCUT2D eigenvalue weighted by Crippen LogP contribution is 2.19. The predicted octanol–water partition coefficient (Wildman–Crippen LogP) is 1.10. The van der Waals surface area contributed by atoms with Crippen molar-refractivity contribution in [2.45, 2.75) is 6.42 Å². The van der Waals surface area contributed by atoms with Gasteiger partial charge >= 0.3 is 0 Å². The summed E-state index contributed by atoms with van der Waals surface area (Å²) in [6.45, 7) is 0.312. The number of hydrogen-bond donors (Lipinski definition) is 1. The second-order valence-electron chi connectivity index (χ2n) is 2.99. The van der Waals surface area contributed by atoms with Crippen molar-refractivity contribution in [2.24, 2.45) is 5.73 Å². The number of rotatable bonds is 4. The second-order valence-corrected chi connectivity index (χ2v) is 2.99. The van der Waals surface area contributed by atoms with Crippen LogP contribution in [0.4, 0.5) is 0 Å². The van der Waals surface area contributed by atoms with Gasteiger partial charge in [0, 0.05) is 12.0 Å². The van der Waals surface area contributed by atoms with Crippen molar-refractivity contribution >= 4 is 5.78 Å². The molecule has 0 radical (unpaired) electrons. The third-order valence-electron chi connectivity index (χ3n) is 2.01. The zero-order valence-corrected chi connectivity index (χ0v) is 8.49. The van der Waals surface area contributed by atoms with Crippen molar-refractivity contribution in [2.75, 3.05) is 13.7 Å². The summed E-state index contributed by atoms with van der Waals surface area (Å²) >= 11 is 0. The summed E-state index contributed by atoms with van der Waals surface area (Å²) in [5.41, 5.74) is 6.14. The van der Waals surface area contributed by atoms with E-state index < -0.39 is 0 Å². The molecular formula is C11H12N2O2. The molecule has 15 heavy (non-hydrogen) atoms. The summed E-state index contributed by atoms with van der Waals surface area (Å²) in [7, 11) is 1.48. The molecule has 4 nitrogen and oxygen atoms in total. The third kappa shape index (κ3) is 2.55. The highest BCUT2D eigenvalue weighted by Gasteiger charge is 2.08. The normalized spacial score (nSPS) is 9.40. The summed E-state index contributed by atoms with van der Waals surface area (Å²) < 4.78 is 4.97. The first kappa shape index (κ1) is 11.2. The van der Waals surface area contributed by atoms with E-state index in [1.165, 1.54) is 13.2 Å². The van der Waals surface area contributed by atoms with Gasteiger partial charge in [-0.2, -0.15) is 5.26 Å². The molecule has 0 amide bonds. The van der Waals surface area contributed by atoms with Crippen molar-refractivity contribution < 1.29 is 9.53 Å². The first-order chi connectivity index (χ1) is 7.22. The molecule has 78 valence electrons. The number of carbonyl (C=O) groups excluding carboxylic acids is 1. The van der Waals surface area contributed by atoms with E-state index in [4.69, 9.17) is 15.7 Å². The van der Waals surface area contributed by atoms with Crippen molar-refractivity contribution in [3.05, 3.63) is 29.3 Å². The predicted molar refractivity (Wildman–Crippen MR) is 55.7 cm³/mol. The lowest BCUT2D eigenvalue weighted by molar-refractivity contribution is 0.0985. The van der Waals surface area contributed by atoms with Gasteiger partial charge in [0.2, 0.25) is 0 Å². The van der Waals surface area contributed by atoms with Gasteiger partial charge in [-0.15, -0.1) is 0 Å². The van der Waals surface area contributed by atoms with Crippen LogP contribution in [0.3, 0.4) is 0 Å². The summed E-state index contributed by atoms with van der Waals surface area (Å²) in [6.07, 6.45) is 0.289. The van der Waals surface area contributed by atoms with Gasteiger partial charge in [0.05, 0.1) is 12.7 Å². The van der Waals surface area contributed by atoms with E-state index in [0.29, 0.717) is 23.4 Å². The van der Waals surface area contributed by atoms with Gasteiger partial charge in [0.15, 0.2) is 5.78 Å². The van der Waals surface area contributed by atoms with Crippen molar-refractivity contribution in [1.82, 2.24) is 0 Å². The maximum atomic E-state index is 11.5. The molecule has 0 aromatic heterocycles. The van der Waals surface area contributed by atoms with Crippen LogP contribution >= 0.6 is 0 Å². The topological polar surface area (TPSA) is 76.1 Å². The van der Waals surface area contributed by atoms with Gasteiger partial charge in [-0.3, -0.25) is 4.79 Å². The molecule has 2 N–H and O–H groups in total. The number of carbonyl (C=O) groups is 1. The number of Topliss-reactive ketones (excluding diaryl/α,β-unsaturated/α-hetero) is 1. The average molecular weight is 204 g/mol. The largest absolute Gasteiger partial charge is 0.495 e. The minimum atomic E-state index is -0.0587. The van der Waals surface area contributed by atoms with Crippen LogP contribution in [0.1, 0.15) is 22.3 Å². The first-order valence-corrected chi connectivity index (χ1v) is 4.54. The van der Waals surface area contributed by atoms with Gasteiger partial charge in [0.1, 0.15) is 11.8 Å². The number of nitrogens with two attached hydrogens (primary N) is 1. The molecule has 1 aromatic carbocycles. The summed E-state index contributed by atoms with van der Waals surface area (Å²) in [4.78, 5) is 11.5. The molecule has 1 aromatic rings. The minimum Gasteiger partial charge on any atom is -0.495 e. The van der Waals surface area contributed by atoms with Gasteiger partial charge < -0.3 is 10.5 Å². The molecule has 0 aliphatic heterocycles. The van der Waals surface area contributed by atoms with Gasteiger partial charge in [-0.1, -0.05) is 0 Å². The lowest BCUT2D eigenvalue weighted by atomic mass is 10.0. The van der Waals surface area contributed by atoms with Gasteiger partial charge in [0.25, 0.3) is 0 Å². The second kappa shape index (κ2) is 5.13. The van der Waals surface area contributed by atoms with Crippen LogP contribution in [0.25, 0.3) is 0 Å². The number of ether oxygens (including phenoxy) is 1. The fourth-order valence-corrected chi connectivity index (χ4v) is 1.24. The highest BCUT2D eigenvalue weighted by molar-refractivity contribution is 5.96. The van der Waals surface area contributed by atoms with Crippen molar-refractivity contribution in [1.29, 1.82) is 5.26 Å². The third-order valence-corrected chi connectivity index (χ3v) is 2.01. The molecule has 0 aliphatic carbocycles. The van der Waals surface area contributed by atoms with E-state index in [0.717, 1.165) is 0 Å². The van der Waals surface area contributed by atoms with E-state index in [-0.39, 0.29) is 12.2 Å². The fraction of sp³-hybridized carbons (Fsp3) is 0.273. The zero-order valence-electron chi connectivity index (χ0n) is 8.49. The molecule has 0 atom stereocenters. The molecule has 0 aliphatic rings. The Bertz CT molecular complexity index is 408. The van der Waals surface area contributed by atoms with E-state index in [9.17, 15) is 4.79 Å². The van der Waals surface area contributed by atoms with Crippen molar-refractivity contribution in [3.8, 4) is 11.8 Å². The number of methoxy groups -OCH3 is 1. The number of nitriles is 1. The Labute approximate surface area is 88.3 Å². The Morgan fingerprint density at radius 3 is 2.87 bits per heavy atom. The van der Waals surface area contributed by atoms with Crippen LogP contribution in [0.5, 0.6) is 5.75 Å². The Kier molecular flexibility index (Phi) is 3.83. The van der Waals surface area contributed by atoms with Gasteiger partial charge in [-0.25, -0.2) is 0 Å². The molecule has 1 rings (SSSR count). The molecule has 0 unspecified atom stereocenters. The molecule has 0 saturated carbocycles. The number of ketones is 1. The monoisotopic (exact) mass is 204 g/mol. The number of benzene rings is 1. The van der Waals surface area contributed by atoms with Crippen LogP contribution in [0.2, 0.25) is 0 Å². The van der Waals surface area contributed by atoms with Crippen LogP contribution in [-0.2, 0) is 0 Å². The Hall–Kier alpha value is -1.86. The highest BCUT2D eigenvalue weighted by atomic mass is 16.5. The SMILES string of the molecule is COc1ccc(C(=O)CCN)cc1C#N. The average Bonchev–Trinajstić information content (AvgIpc) is 2.28. The molecular weight excluding hydrogens is 192 g/mol. The zero-order chi connectivity index (χ0) is 11.3. The smallest absolute Gasteiger partial charge is 0.164 e. The summed E-state index contributed by atoms with van der Waals surface area (Å²) in [5, 5.41) is 8.82. The van der Waals surface area contributed by atoms with Gasteiger partial charge in [-0.05, 0) is 24.7 Å². The Balaban J connectivity index is 3.04. The molecule has 0 heterocycles. The summed E-state index contributed by atoms with van der Waals surface area (Å²) in [6, 6.07) is 6.75. The summed E-state index contributed by atoms with van der Waals surface area (Å²) in [5.74, 6) is 0.415. The van der Waals surface area contributed by atoms with E-state index in [1.54, 1.807) is 12.1 Å². The Morgan fingerprint density at radius 1 is 1.60 bits per heavy atom. The maximum Gasteiger partial charge on any atom is 0.164 e. The molecule has 0 saturated heterocycles. The first-order valence-electron chi connectivity index (χ1n) is 4.54. The Morgan fingerprint density at radius 2 is 2.33 bits per heavy atom. The van der Waals surface area contributed by atoms with E-state index in [2.05, 4.69) is 0 Å². The van der Waals surface area contributed by atoms with Crippen molar-refractivity contribution in [3.63, 3.8) is 0 Å². The maximum absolute atomic E-state index is 11.5. The van der Waals surface area contributed by atoms with Crippen LogP contribution in [-0.4, -0.2) is 19.4 Å². The minimum absolute atomic E-state index is 0.0587. The van der Waals surface area contributed by atoms with Crippen LogP contribution in [0.15, 0.2) is 18.2 Å². The number of nitrogens with zero attached hydrogens (tertiary/aromatic N) is 1. The standard InChI is InChI=1S/C11H12N2O2/c1-15-11-3-2-8(6-9(11)7-13)10(14)4-5-12/h2-3,6H,4-5,12H2,1H3. The molecule has 0 spiro atoms. The lowest BCUT2D eigenvalue weighted by Crippen LogP contribution is -2.08. The van der Waals surface area contributed by atoms with Crippen LogP contribution in [0, 0.1) is 11.3 Å². The molecule has 0 bridgehead atoms. The lowest BCUT2D eigenvalue weighted by Gasteiger charge is -2.04. The van der Waals surface area contributed by atoms with Crippen LogP contribution < -0.4 is 10.5 Å². The van der Waals surface area contributed by atoms with E-state index in [1.807, 2.05) is 6.07 Å². The number of hydrogen-bond acceptors (Lipinski definition) is 4.